The molecule has 0 aliphatic rings. The lowest BCUT2D eigenvalue weighted by Crippen LogP contribution is -1.99. The van der Waals surface area contributed by atoms with Crippen LogP contribution in [0.1, 0.15) is 16.8 Å². The molecule has 0 aliphatic heterocycles. The number of benzene rings is 2. The summed E-state index contributed by atoms with van der Waals surface area (Å²) >= 11 is 0. The van der Waals surface area contributed by atoms with Crippen LogP contribution in [0.25, 0.3) is 10.8 Å². The molecule has 0 spiro atoms. The molecule has 80 valence electrons. The van der Waals surface area contributed by atoms with Crippen molar-refractivity contribution < 1.29 is 9.18 Å². The van der Waals surface area contributed by atoms with E-state index in [0.29, 0.717) is 16.3 Å². The van der Waals surface area contributed by atoms with Gasteiger partial charge in [-0.2, -0.15) is 0 Å². The fourth-order valence-electron chi connectivity index (χ4n) is 1.75. The summed E-state index contributed by atoms with van der Waals surface area (Å²) in [7, 11) is 0. The van der Waals surface area contributed by atoms with Crippen molar-refractivity contribution in [3.05, 3.63) is 60.4 Å². The van der Waals surface area contributed by atoms with Crippen molar-refractivity contribution in [3.8, 4) is 0 Å². The standard InChI is InChI=1S/C14H11FO/c1-2-5-14(16)12-8-9-13(15)11-7-4-3-6-10(11)12/h2-4,6-9H,1,5H2. The van der Waals surface area contributed by atoms with E-state index in [1.807, 2.05) is 0 Å². The Labute approximate surface area is 93.2 Å². The van der Waals surface area contributed by atoms with E-state index in [-0.39, 0.29) is 18.0 Å². The average Bonchev–Trinajstić information content (AvgIpc) is 2.30. The van der Waals surface area contributed by atoms with Gasteiger partial charge in [-0.1, -0.05) is 30.3 Å². The molecule has 1 nitrogen and oxygen atoms in total. The first kappa shape index (κ1) is 10.6. The van der Waals surface area contributed by atoms with Crippen LogP contribution in [0.3, 0.4) is 0 Å². The van der Waals surface area contributed by atoms with Crippen molar-refractivity contribution in [1.82, 2.24) is 0 Å². The number of hydrogen-bond donors (Lipinski definition) is 0. The lowest BCUT2D eigenvalue weighted by molar-refractivity contribution is 0.0997. The predicted molar refractivity (Wildman–Crippen MR) is 63.1 cm³/mol. The van der Waals surface area contributed by atoms with Crippen LogP contribution in [-0.4, -0.2) is 5.78 Å². The van der Waals surface area contributed by atoms with Gasteiger partial charge in [0.1, 0.15) is 5.82 Å². The Bertz CT molecular complexity index is 558. The highest BCUT2D eigenvalue weighted by molar-refractivity contribution is 6.08. The van der Waals surface area contributed by atoms with Crippen molar-refractivity contribution in [3.63, 3.8) is 0 Å². The minimum Gasteiger partial charge on any atom is -0.294 e. The summed E-state index contributed by atoms with van der Waals surface area (Å²) in [4.78, 5) is 11.8. The number of carbonyl (C=O) groups excluding carboxylic acids is 1. The molecule has 16 heavy (non-hydrogen) atoms. The van der Waals surface area contributed by atoms with E-state index < -0.39 is 0 Å². The van der Waals surface area contributed by atoms with E-state index in [1.165, 1.54) is 12.1 Å². The molecule has 0 heterocycles. The SMILES string of the molecule is C=CCC(=O)c1ccc(F)c2ccccc12. The smallest absolute Gasteiger partial charge is 0.167 e. The zero-order valence-electron chi connectivity index (χ0n) is 8.74. The summed E-state index contributed by atoms with van der Waals surface area (Å²) in [6, 6.07) is 9.85. The Kier molecular flexibility index (Phi) is 2.82. The summed E-state index contributed by atoms with van der Waals surface area (Å²) in [5.41, 5.74) is 0.553. The van der Waals surface area contributed by atoms with Gasteiger partial charge in [0, 0.05) is 17.4 Å². The largest absolute Gasteiger partial charge is 0.294 e. The van der Waals surface area contributed by atoms with Gasteiger partial charge < -0.3 is 0 Å². The van der Waals surface area contributed by atoms with E-state index in [9.17, 15) is 9.18 Å². The second kappa shape index (κ2) is 4.27. The number of carbonyl (C=O) groups is 1. The van der Waals surface area contributed by atoms with Crippen LogP contribution in [0.15, 0.2) is 49.1 Å². The molecule has 2 aromatic carbocycles. The fraction of sp³-hybridized carbons (Fsp3) is 0.0714. The molecule has 0 saturated heterocycles. The van der Waals surface area contributed by atoms with Crippen molar-refractivity contribution >= 4 is 16.6 Å². The molecule has 0 radical (unpaired) electrons. The molecule has 0 unspecified atom stereocenters. The van der Waals surface area contributed by atoms with Crippen LogP contribution < -0.4 is 0 Å². The maximum atomic E-state index is 13.5. The van der Waals surface area contributed by atoms with Crippen LogP contribution in [0.5, 0.6) is 0 Å². The van der Waals surface area contributed by atoms with Gasteiger partial charge >= 0.3 is 0 Å². The minimum absolute atomic E-state index is 0.0359. The van der Waals surface area contributed by atoms with Gasteiger partial charge in [-0.3, -0.25) is 4.79 Å². The second-order valence-corrected chi connectivity index (χ2v) is 3.56. The van der Waals surface area contributed by atoms with E-state index in [1.54, 1.807) is 30.3 Å². The molecule has 2 rings (SSSR count). The quantitative estimate of drug-likeness (QED) is 0.562. The van der Waals surface area contributed by atoms with Gasteiger partial charge in [0.05, 0.1) is 0 Å². The molecule has 0 bridgehead atoms. The van der Waals surface area contributed by atoms with Crippen LogP contribution >= 0.6 is 0 Å². The number of allylic oxidation sites excluding steroid dienone is 1. The number of ketones is 1. The molecule has 0 amide bonds. The highest BCUT2D eigenvalue weighted by Crippen LogP contribution is 2.22. The lowest BCUT2D eigenvalue weighted by atomic mass is 9.99. The van der Waals surface area contributed by atoms with Crippen molar-refractivity contribution in [2.24, 2.45) is 0 Å². The van der Waals surface area contributed by atoms with Gasteiger partial charge in [0.15, 0.2) is 5.78 Å². The zero-order chi connectivity index (χ0) is 11.5. The Morgan fingerprint density at radius 2 is 1.88 bits per heavy atom. The topological polar surface area (TPSA) is 17.1 Å². The Morgan fingerprint density at radius 1 is 1.19 bits per heavy atom. The van der Waals surface area contributed by atoms with Gasteiger partial charge in [-0.15, -0.1) is 6.58 Å². The number of halogens is 1. The molecule has 0 fully saturated rings. The number of hydrogen-bond acceptors (Lipinski definition) is 1. The third-order valence-electron chi connectivity index (χ3n) is 2.50. The molecular formula is C14H11FO. The van der Waals surface area contributed by atoms with E-state index >= 15 is 0 Å². The Morgan fingerprint density at radius 3 is 2.56 bits per heavy atom. The van der Waals surface area contributed by atoms with Crippen LogP contribution in [-0.2, 0) is 0 Å². The summed E-state index contributed by atoms with van der Waals surface area (Å²) in [5, 5.41) is 1.15. The molecule has 0 saturated carbocycles. The van der Waals surface area contributed by atoms with Crippen LogP contribution in [0.2, 0.25) is 0 Å². The normalized spacial score (nSPS) is 10.3. The average molecular weight is 214 g/mol. The summed E-state index contributed by atoms with van der Waals surface area (Å²) in [6.45, 7) is 3.53. The van der Waals surface area contributed by atoms with E-state index in [0.717, 1.165) is 0 Å². The first-order chi connectivity index (χ1) is 7.74. The number of rotatable bonds is 3. The third kappa shape index (κ3) is 1.74. The highest BCUT2D eigenvalue weighted by Gasteiger charge is 2.10. The first-order valence-electron chi connectivity index (χ1n) is 5.05. The highest BCUT2D eigenvalue weighted by atomic mass is 19.1. The summed E-state index contributed by atoms with van der Waals surface area (Å²) in [6.07, 6.45) is 1.83. The molecule has 0 aliphatic carbocycles. The van der Waals surface area contributed by atoms with Crippen molar-refractivity contribution in [1.29, 1.82) is 0 Å². The number of Topliss-reactive ketones (excluding diaryl/α,β-unsaturated/α-hetero) is 1. The minimum atomic E-state index is -0.300. The zero-order valence-corrected chi connectivity index (χ0v) is 8.74. The monoisotopic (exact) mass is 214 g/mol. The van der Waals surface area contributed by atoms with Gasteiger partial charge in [-0.25, -0.2) is 4.39 Å². The molecule has 0 aromatic heterocycles. The third-order valence-corrected chi connectivity index (χ3v) is 2.50. The Balaban J connectivity index is 2.67. The summed E-state index contributed by atoms with van der Waals surface area (Å²) in [5.74, 6) is -0.336. The van der Waals surface area contributed by atoms with Gasteiger partial charge in [0.2, 0.25) is 0 Å². The fourth-order valence-corrected chi connectivity index (χ4v) is 1.75. The first-order valence-corrected chi connectivity index (χ1v) is 5.05. The molecule has 2 aromatic rings. The van der Waals surface area contributed by atoms with Crippen LogP contribution in [0, 0.1) is 5.82 Å². The second-order valence-electron chi connectivity index (χ2n) is 3.56. The van der Waals surface area contributed by atoms with E-state index in [4.69, 9.17) is 0 Å². The van der Waals surface area contributed by atoms with Crippen molar-refractivity contribution in [2.45, 2.75) is 6.42 Å². The van der Waals surface area contributed by atoms with E-state index in [2.05, 4.69) is 6.58 Å². The van der Waals surface area contributed by atoms with Gasteiger partial charge in [-0.05, 0) is 17.5 Å². The molecule has 0 N–H and O–H groups in total. The molecular weight excluding hydrogens is 203 g/mol. The Hall–Kier alpha value is -1.96. The maximum absolute atomic E-state index is 13.5. The summed E-state index contributed by atoms with van der Waals surface area (Å²) < 4.78 is 13.5. The number of fused-ring (bicyclic) bond motifs is 1. The molecule has 0 atom stereocenters. The predicted octanol–water partition coefficient (Wildman–Crippen LogP) is 3.74. The van der Waals surface area contributed by atoms with Crippen molar-refractivity contribution in [2.75, 3.05) is 0 Å². The maximum Gasteiger partial charge on any atom is 0.167 e. The lowest BCUT2D eigenvalue weighted by Gasteiger charge is -2.05. The van der Waals surface area contributed by atoms with Crippen LogP contribution in [0.4, 0.5) is 4.39 Å². The molecule has 2 heteroatoms. The van der Waals surface area contributed by atoms with Gasteiger partial charge in [0.25, 0.3) is 0 Å².